The number of hydrogen-bond acceptors (Lipinski definition) is 7. The van der Waals surface area contributed by atoms with Gasteiger partial charge in [-0.2, -0.15) is 9.78 Å². The molecule has 0 radical (unpaired) electrons. The molecule has 1 unspecified atom stereocenters. The molecule has 4 heterocycles. The van der Waals surface area contributed by atoms with Gasteiger partial charge in [-0.3, -0.25) is 4.79 Å². The number of thiophene rings is 1. The maximum atomic E-state index is 13.1. The van der Waals surface area contributed by atoms with E-state index in [-0.39, 0.29) is 12.4 Å². The molecule has 1 aliphatic heterocycles. The van der Waals surface area contributed by atoms with Crippen molar-refractivity contribution in [2.75, 3.05) is 0 Å². The van der Waals surface area contributed by atoms with E-state index in [9.17, 15) is 14.0 Å². The van der Waals surface area contributed by atoms with Crippen molar-refractivity contribution in [3.63, 3.8) is 0 Å². The fraction of sp³-hybridized carbons (Fsp3) is 0.143. The Morgan fingerprint density at radius 1 is 1.19 bits per heavy atom. The Hall–Kier alpha value is -3.79. The second-order valence-corrected chi connectivity index (χ2v) is 7.78. The van der Waals surface area contributed by atoms with Gasteiger partial charge in [0.15, 0.2) is 0 Å². The summed E-state index contributed by atoms with van der Waals surface area (Å²) >= 11 is 1.53. The summed E-state index contributed by atoms with van der Waals surface area (Å²) in [5, 5.41) is 11.8. The van der Waals surface area contributed by atoms with Crippen LogP contribution in [0.5, 0.6) is 0 Å². The first kappa shape index (κ1) is 19.2. The second-order valence-electron chi connectivity index (χ2n) is 6.84. The molecule has 0 saturated heterocycles. The van der Waals surface area contributed by atoms with E-state index in [4.69, 9.17) is 8.83 Å². The summed E-state index contributed by atoms with van der Waals surface area (Å²) in [6.07, 6.45) is 2.03. The Morgan fingerprint density at radius 3 is 2.74 bits per heavy atom. The number of hydrazone groups is 1. The van der Waals surface area contributed by atoms with Crippen molar-refractivity contribution in [2.45, 2.75) is 19.0 Å². The van der Waals surface area contributed by atoms with Crippen molar-refractivity contribution in [1.29, 1.82) is 0 Å². The summed E-state index contributed by atoms with van der Waals surface area (Å²) in [5.41, 5.74) is 1.20. The maximum absolute atomic E-state index is 13.1. The molecular formula is C21H15FN4O4S. The summed E-state index contributed by atoms with van der Waals surface area (Å²) in [6.45, 7) is -0.359. The Bertz CT molecular complexity index is 1290. The molecule has 156 valence electrons. The van der Waals surface area contributed by atoms with Gasteiger partial charge in [0, 0.05) is 12.0 Å². The molecule has 0 spiro atoms. The molecule has 5 rings (SSSR count). The fourth-order valence-corrected chi connectivity index (χ4v) is 4.07. The number of benzene rings is 1. The lowest BCUT2D eigenvalue weighted by molar-refractivity contribution is -0.134. The lowest BCUT2D eigenvalue weighted by Crippen LogP contribution is -2.33. The first-order chi connectivity index (χ1) is 15.1. The van der Waals surface area contributed by atoms with Crippen LogP contribution in [-0.2, 0) is 11.3 Å². The Labute approximate surface area is 178 Å². The van der Waals surface area contributed by atoms with Crippen LogP contribution in [-0.4, -0.2) is 26.4 Å². The number of amides is 1. The predicted molar refractivity (Wildman–Crippen MR) is 110 cm³/mol. The maximum Gasteiger partial charge on any atom is 0.437 e. The highest BCUT2D eigenvalue weighted by Gasteiger charge is 2.35. The molecule has 0 fully saturated rings. The second kappa shape index (κ2) is 7.80. The van der Waals surface area contributed by atoms with Crippen LogP contribution in [0, 0.1) is 5.82 Å². The molecule has 1 atom stereocenters. The molecule has 1 amide bonds. The van der Waals surface area contributed by atoms with Crippen molar-refractivity contribution >= 4 is 23.0 Å². The number of carbonyl (C=O) groups is 1. The van der Waals surface area contributed by atoms with Crippen molar-refractivity contribution in [1.82, 2.24) is 14.8 Å². The monoisotopic (exact) mass is 438 g/mol. The zero-order valence-electron chi connectivity index (χ0n) is 16.0. The number of halogens is 1. The zero-order chi connectivity index (χ0) is 21.4. The quantitative estimate of drug-likeness (QED) is 0.474. The van der Waals surface area contributed by atoms with E-state index in [1.807, 2.05) is 17.5 Å². The van der Waals surface area contributed by atoms with E-state index in [0.717, 1.165) is 15.3 Å². The van der Waals surface area contributed by atoms with Crippen LogP contribution in [0.3, 0.4) is 0 Å². The highest BCUT2D eigenvalue weighted by molar-refractivity contribution is 7.12. The SMILES string of the molecule is O=C(Cn1nc(-c2ccc(F)cc2)oc1=O)N1N=C(c2cccs2)CC1c1ccco1. The van der Waals surface area contributed by atoms with E-state index in [0.29, 0.717) is 17.7 Å². The van der Waals surface area contributed by atoms with Crippen molar-refractivity contribution < 1.29 is 18.0 Å². The van der Waals surface area contributed by atoms with Crippen LogP contribution in [0.15, 0.2) is 78.9 Å². The van der Waals surface area contributed by atoms with E-state index < -0.39 is 23.5 Å². The first-order valence-electron chi connectivity index (χ1n) is 9.39. The van der Waals surface area contributed by atoms with Gasteiger partial charge < -0.3 is 8.83 Å². The van der Waals surface area contributed by atoms with Gasteiger partial charge in [-0.05, 0) is 47.8 Å². The van der Waals surface area contributed by atoms with Gasteiger partial charge >= 0.3 is 5.76 Å². The van der Waals surface area contributed by atoms with E-state index in [1.165, 1.54) is 46.9 Å². The molecule has 0 N–H and O–H groups in total. The van der Waals surface area contributed by atoms with Crippen LogP contribution >= 0.6 is 11.3 Å². The minimum atomic E-state index is -0.788. The summed E-state index contributed by atoms with van der Waals surface area (Å²) in [4.78, 5) is 26.3. The lowest BCUT2D eigenvalue weighted by Gasteiger charge is -2.19. The molecule has 31 heavy (non-hydrogen) atoms. The Kier molecular flexibility index (Phi) is 4.83. The minimum absolute atomic E-state index is 0.00424. The molecule has 0 bridgehead atoms. The van der Waals surface area contributed by atoms with E-state index >= 15 is 0 Å². The number of rotatable bonds is 5. The Balaban J connectivity index is 1.42. The summed E-state index contributed by atoms with van der Waals surface area (Å²) in [6, 6.07) is 12.3. The van der Waals surface area contributed by atoms with E-state index in [1.54, 1.807) is 12.1 Å². The molecule has 0 saturated carbocycles. The number of furan rings is 1. The highest BCUT2D eigenvalue weighted by Crippen LogP contribution is 2.34. The third kappa shape index (κ3) is 3.73. The van der Waals surface area contributed by atoms with Gasteiger partial charge in [0.25, 0.3) is 5.91 Å². The average molecular weight is 438 g/mol. The predicted octanol–water partition coefficient (Wildman–Crippen LogP) is 3.67. The molecule has 3 aromatic heterocycles. The lowest BCUT2D eigenvalue weighted by atomic mass is 10.1. The smallest absolute Gasteiger partial charge is 0.437 e. The van der Waals surface area contributed by atoms with Gasteiger partial charge in [-0.1, -0.05) is 6.07 Å². The van der Waals surface area contributed by atoms with Crippen LogP contribution in [0.1, 0.15) is 23.1 Å². The van der Waals surface area contributed by atoms with Gasteiger partial charge in [-0.15, -0.1) is 16.4 Å². The summed E-state index contributed by atoms with van der Waals surface area (Å²) in [5.74, 6) is -1.04. The number of nitrogens with zero attached hydrogens (tertiary/aromatic N) is 4. The molecule has 4 aromatic rings. The van der Waals surface area contributed by atoms with Crippen molar-refractivity contribution in [2.24, 2.45) is 5.10 Å². The van der Waals surface area contributed by atoms with Gasteiger partial charge in [0.05, 0.1) is 16.9 Å². The number of hydrogen-bond donors (Lipinski definition) is 0. The van der Waals surface area contributed by atoms with Crippen LogP contribution < -0.4 is 5.76 Å². The van der Waals surface area contributed by atoms with Gasteiger partial charge in [0.2, 0.25) is 5.89 Å². The van der Waals surface area contributed by atoms with Crippen molar-refractivity contribution in [3.05, 3.63) is 87.2 Å². The van der Waals surface area contributed by atoms with Crippen LogP contribution in [0.25, 0.3) is 11.5 Å². The third-order valence-electron chi connectivity index (χ3n) is 4.83. The van der Waals surface area contributed by atoms with Crippen LogP contribution in [0.4, 0.5) is 4.39 Å². The molecule has 1 aromatic carbocycles. The standard InChI is InChI=1S/C21H15FN4O4S/c22-14-7-5-13(6-8-14)20-24-25(21(28)30-20)12-19(27)26-16(17-3-1-9-29-17)11-15(23-26)18-4-2-10-31-18/h1-10,16H,11-12H2. The minimum Gasteiger partial charge on any atom is -0.467 e. The van der Waals surface area contributed by atoms with Gasteiger partial charge in [-0.25, -0.2) is 14.2 Å². The van der Waals surface area contributed by atoms with E-state index in [2.05, 4.69) is 10.2 Å². The molecule has 8 nitrogen and oxygen atoms in total. The highest BCUT2D eigenvalue weighted by atomic mass is 32.1. The number of aromatic nitrogens is 2. The topological polar surface area (TPSA) is 93.8 Å². The summed E-state index contributed by atoms with van der Waals surface area (Å²) < 4.78 is 24.7. The Morgan fingerprint density at radius 2 is 2.03 bits per heavy atom. The molecule has 1 aliphatic rings. The molecule has 0 aliphatic carbocycles. The fourth-order valence-electron chi connectivity index (χ4n) is 3.35. The van der Waals surface area contributed by atoms with Crippen molar-refractivity contribution in [3.8, 4) is 11.5 Å². The average Bonchev–Trinajstić information content (AvgIpc) is 3.55. The van der Waals surface area contributed by atoms with Crippen LogP contribution in [0.2, 0.25) is 0 Å². The summed E-state index contributed by atoms with van der Waals surface area (Å²) in [7, 11) is 0. The largest absolute Gasteiger partial charge is 0.467 e. The molecule has 10 heteroatoms. The van der Waals surface area contributed by atoms with Gasteiger partial charge in [0.1, 0.15) is 24.2 Å². The molecular weight excluding hydrogens is 423 g/mol. The third-order valence-corrected chi connectivity index (χ3v) is 5.74. The normalized spacial score (nSPS) is 16.0. The number of carbonyl (C=O) groups excluding carboxylic acids is 1. The first-order valence-corrected chi connectivity index (χ1v) is 10.3. The zero-order valence-corrected chi connectivity index (χ0v) is 16.8.